The van der Waals surface area contributed by atoms with Crippen molar-refractivity contribution in [2.24, 2.45) is 0 Å². The van der Waals surface area contributed by atoms with E-state index in [4.69, 9.17) is 5.26 Å². The summed E-state index contributed by atoms with van der Waals surface area (Å²) < 4.78 is 1.97. The molecule has 1 aliphatic rings. The van der Waals surface area contributed by atoms with Crippen LogP contribution in [0.15, 0.2) is 65.8 Å². The largest absolute Gasteiger partial charge is 0.326 e. The highest BCUT2D eigenvalue weighted by Crippen LogP contribution is 2.30. The van der Waals surface area contributed by atoms with Crippen molar-refractivity contribution in [3.63, 3.8) is 0 Å². The number of aromatic nitrogens is 3. The van der Waals surface area contributed by atoms with Crippen molar-refractivity contribution < 1.29 is 4.79 Å². The first kappa shape index (κ1) is 18.3. The van der Waals surface area contributed by atoms with E-state index in [0.717, 1.165) is 29.9 Å². The van der Waals surface area contributed by atoms with Gasteiger partial charge in [-0.1, -0.05) is 60.3 Å². The number of thioether (sulfide) groups is 1. The molecule has 1 amide bonds. The van der Waals surface area contributed by atoms with Gasteiger partial charge in [-0.05, 0) is 25.0 Å². The quantitative estimate of drug-likeness (QED) is 0.456. The van der Waals surface area contributed by atoms with Gasteiger partial charge in [-0.2, -0.15) is 5.26 Å². The van der Waals surface area contributed by atoms with Crippen LogP contribution in [0.5, 0.6) is 0 Å². The third-order valence-electron chi connectivity index (χ3n) is 4.55. The highest BCUT2D eigenvalue weighted by atomic mass is 32.2. The molecule has 4 rings (SSSR count). The van der Waals surface area contributed by atoms with Gasteiger partial charge in [0.15, 0.2) is 11.0 Å². The van der Waals surface area contributed by atoms with Crippen LogP contribution in [0.25, 0.3) is 17.1 Å². The Labute approximate surface area is 167 Å². The lowest BCUT2D eigenvalue weighted by molar-refractivity contribution is -0.128. The number of carbonyl (C=O) groups is 1. The highest BCUT2D eigenvalue weighted by Gasteiger charge is 2.32. The van der Waals surface area contributed by atoms with Crippen molar-refractivity contribution in [1.82, 2.24) is 19.7 Å². The van der Waals surface area contributed by atoms with Gasteiger partial charge in [-0.25, -0.2) is 0 Å². The maximum absolute atomic E-state index is 12.6. The lowest BCUT2D eigenvalue weighted by Gasteiger charge is -2.18. The monoisotopic (exact) mass is 389 g/mol. The molecule has 0 radical (unpaired) electrons. The zero-order valence-electron chi connectivity index (χ0n) is 15.2. The van der Waals surface area contributed by atoms with Crippen LogP contribution in [0, 0.1) is 11.3 Å². The Morgan fingerprint density at radius 1 is 1.11 bits per heavy atom. The summed E-state index contributed by atoms with van der Waals surface area (Å²) in [5, 5.41) is 18.4. The van der Waals surface area contributed by atoms with Crippen LogP contribution < -0.4 is 0 Å². The average molecular weight is 389 g/mol. The molecule has 2 aromatic carbocycles. The summed E-state index contributed by atoms with van der Waals surface area (Å²) in [6.07, 6.45) is 1.97. The van der Waals surface area contributed by atoms with Gasteiger partial charge in [0.25, 0.3) is 0 Å². The number of rotatable bonds is 7. The molecular formula is C21H19N5OS. The van der Waals surface area contributed by atoms with E-state index < -0.39 is 0 Å². The predicted molar refractivity (Wildman–Crippen MR) is 108 cm³/mol. The Morgan fingerprint density at radius 3 is 2.43 bits per heavy atom. The van der Waals surface area contributed by atoms with Crippen molar-refractivity contribution in [2.45, 2.75) is 24.0 Å². The number of hydrogen-bond acceptors (Lipinski definition) is 5. The number of nitriles is 1. The van der Waals surface area contributed by atoms with Crippen molar-refractivity contribution in [2.75, 3.05) is 12.3 Å². The fourth-order valence-corrected chi connectivity index (χ4v) is 3.88. The fourth-order valence-electron chi connectivity index (χ4n) is 3.04. The molecule has 1 fully saturated rings. The van der Waals surface area contributed by atoms with Crippen molar-refractivity contribution in [3.05, 3.63) is 60.7 Å². The molecule has 7 heteroatoms. The van der Waals surface area contributed by atoms with E-state index in [1.165, 1.54) is 11.8 Å². The first-order valence-corrected chi connectivity index (χ1v) is 10.1. The van der Waals surface area contributed by atoms with Crippen LogP contribution in [0.1, 0.15) is 12.8 Å². The van der Waals surface area contributed by atoms with Gasteiger partial charge in [0.1, 0.15) is 6.54 Å². The third kappa shape index (κ3) is 3.92. The van der Waals surface area contributed by atoms with Gasteiger partial charge in [0.05, 0.1) is 11.8 Å². The highest BCUT2D eigenvalue weighted by molar-refractivity contribution is 7.99. The normalized spacial score (nSPS) is 13.1. The van der Waals surface area contributed by atoms with E-state index in [1.807, 2.05) is 65.2 Å². The lowest BCUT2D eigenvalue weighted by Crippen LogP contribution is -2.34. The van der Waals surface area contributed by atoms with Crippen LogP contribution in [-0.2, 0) is 4.79 Å². The fraction of sp³-hybridized carbons (Fsp3) is 0.238. The van der Waals surface area contributed by atoms with Crippen LogP contribution in [0.3, 0.4) is 0 Å². The SMILES string of the molecule is N#CCN(C(=O)CSc1nnc(-c2ccccc2)n1-c1ccccc1)C1CC1. The van der Waals surface area contributed by atoms with Crippen LogP contribution >= 0.6 is 11.8 Å². The van der Waals surface area contributed by atoms with E-state index in [2.05, 4.69) is 16.3 Å². The van der Waals surface area contributed by atoms with Crippen molar-refractivity contribution in [1.29, 1.82) is 5.26 Å². The Kier molecular flexibility index (Phi) is 5.40. The van der Waals surface area contributed by atoms with Crippen LogP contribution in [-0.4, -0.2) is 43.9 Å². The number of para-hydroxylation sites is 1. The molecule has 0 N–H and O–H groups in total. The summed E-state index contributed by atoms with van der Waals surface area (Å²) in [5.74, 6) is 0.938. The van der Waals surface area contributed by atoms with Gasteiger partial charge in [-0.3, -0.25) is 9.36 Å². The number of benzene rings is 2. The molecule has 3 aromatic rings. The number of hydrogen-bond donors (Lipinski definition) is 0. The summed E-state index contributed by atoms with van der Waals surface area (Å²) in [6.45, 7) is 0.144. The van der Waals surface area contributed by atoms with E-state index in [-0.39, 0.29) is 24.2 Å². The molecule has 1 aromatic heterocycles. The van der Waals surface area contributed by atoms with E-state index >= 15 is 0 Å². The summed E-state index contributed by atoms with van der Waals surface area (Å²) in [4.78, 5) is 14.3. The molecule has 1 saturated carbocycles. The third-order valence-corrected chi connectivity index (χ3v) is 5.47. The van der Waals surface area contributed by atoms with Gasteiger partial charge in [0.2, 0.25) is 5.91 Å². The Morgan fingerprint density at radius 2 is 1.79 bits per heavy atom. The molecule has 0 atom stereocenters. The average Bonchev–Trinajstić information content (AvgIpc) is 3.50. The molecule has 0 aliphatic heterocycles. The molecule has 0 spiro atoms. The van der Waals surface area contributed by atoms with Crippen LogP contribution in [0.2, 0.25) is 0 Å². The molecule has 6 nitrogen and oxygen atoms in total. The Bertz CT molecular complexity index is 993. The van der Waals surface area contributed by atoms with Gasteiger partial charge in [-0.15, -0.1) is 10.2 Å². The second-order valence-corrected chi connectivity index (χ2v) is 7.49. The number of carbonyl (C=O) groups excluding carboxylic acids is 1. The second-order valence-electron chi connectivity index (χ2n) is 6.54. The van der Waals surface area contributed by atoms with Crippen molar-refractivity contribution >= 4 is 17.7 Å². The molecule has 140 valence electrons. The zero-order chi connectivity index (χ0) is 19.3. The number of nitrogens with zero attached hydrogens (tertiary/aromatic N) is 5. The lowest BCUT2D eigenvalue weighted by atomic mass is 10.2. The smallest absolute Gasteiger partial charge is 0.234 e. The van der Waals surface area contributed by atoms with Gasteiger partial charge >= 0.3 is 0 Å². The predicted octanol–water partition coefficient (Wildman–Crippen LogP) is 3.54. The molecule has 28 heavy (non-hydrogen) atoms. The summed E-state index contributed by atoms with van der Waals surface area (Å²) >= 11 is 1.35. The number of amides is 1. The minimum absolute atomic E-state index is 0.0297. The standard InChI is InChI=1S/C21H19N5OS/c22-13-14-25(17-11-12-17)19(27)15-28-21-24-23-20(16-7-3-1-4-8-16)26(21)18-9-5-2-6-10-18/h1-10,17H,11-12,14-15H2. The van der Waals surface area contributed by atoms with Gasteiger partial charge in [0, 0.05) is 17.3 Å². The maximum atomic E-state index is 12.6. The molecule has 0 unspecified atom stereocenters. The molecule has 1 heterocycles. The summed E-state index contributed by atoms with van der Waals surface area (Å²) in [6, 6.07) is 22.1. The molecular weight excluding hydrogens is 370 g/mol. The summed E-state index contributed by atoms with van der Waals surface area (Å²) in [7, 11) is 0. The zero-order valence-corrected chi connectivity index (χ0v) is 16.0. The first-order valence-electron chi connectivity index (χ1n) is 9.13. The molecule has 0 bridgehead atoms. The van der Waals surface area contributed by atoms with E-state index in [0.29, 0.717) is 5.16 Å². The minimum atomic E-state index is -0.0297. The topological polar surface area (TPSA) is 74.8 Å². The van der Waals surface area contributed by atoms with Gasteiger partial charge < -0.3 is 4.90 Å². The van der Waals surface area contributed by atoms with Crippen molar-refractivity contribution in [3.8, 4) is 23.1 Å². The van der Waals surface area contributed by atoms with Crippen LogP contribution in [0.4, 0.5) is 0 Å². The maximum Gasteiger partial charge on any atom is 0.234 e. The first-order chi connectivity index (χ1) is 13.8. The van der Waals surface area contributed by atoms with E-state index in [1.54, 1.807) is 4.90 Å². The molecule has 0 saturated heterocycles. The Balaban J connectivity index is 1.61. The molecule has 1 aliphatic carbocycles. The Hall–Kier alpha value is -3.11. The van der Waals surface area contributed by atoms with E-state index in [9.17, 15) is 4.79 Å². The minimum Gasteiger partial charge on any atom is -0.326 e. The summed E-state index contributed by atoms with van der Waals surface area (Å²) in [5.41, 5.74) is 1.90. The second kappa shape index (κ2) is 8.28.